The SMILES string of the molecule is Fc1ccc(C2=NN=CC2CN2CCCN(C3CCC(C(F)(F)F)C=N3)CC2)cc1. The van der Waals surface area contributed by atoms with Crippen LogP contribution in [0.4, 0.5) is 17.6 Å². The molecule has 1 aromatic rings. The van der Waals surface area contributed by atoms with Gasteiger partial charge in [-0.25, -0.2) is 4.39 Å². The van der Waals surface area contributed by atoms with Gasteiger partial charge in [-0.1, -0.05) is 12.1 Å². The van der Waals surface area contributed by atoms with Crippen LogP contribution in [0.5, 0.6) is 0 Å². The molecule has 9 heteroatoms. The van der Waals surface area contributed by atoms with Crippen LogP contribution in [-0.4, -0.2) is 73.0 Å². The maximum Gasteiger partial charge on any atom is 0.396 e. The van der Waals surface area contributed by atoms with Gasteiger partial charge >= 0.3 is 6.18 Å². The minimum Gasteiger partial charge on any atom is -0.301 e. The first-order valence-corrected chi connectivity index (χ1v) is 10.3. The van der Waals surface area contributed by atoms with Crippen molar-refractivity contribution in [3.8, 4) is 0 Å². The van der Waals surface area contributed by atoms with Gasteiger partial charge in [0.05, 0.1) is 17.5 Å². The fraction of sp³-hybridized carbons (Fsp3) is 0.571. The molecule has 1 saturated heterocycles. The van der Waals surface area contributed by atoms with Crippen molar-refractivity contribution in [2.75, 3.05) is 32.7 Å². The molecule has 3 unspecified atom stereocenters. The van der Waals surface area contributed by atoms with Gasteiger partial charge < -0.3 is 4.90 Å². The minimum atomic E-state index is -4.20. The Morgan fingerprint density at radius 2 is 1.77 bits per heavy atom. The molecule has 0 radical (unpaired) electrons. The summed E-state index contributed by atoms with van der Waals surface area (Å²) < 4.78 is 51.7. The van der Waals surface area contributed by atoms with E-state index < -0.39 is 12.1 Å². The maximum atomic E-state index is 13.2. The van der Waals surface area contributed by atoms with E-state index >= 15 is 0 Å². The third-order valence-electron chi connectivity index (χ3n) is 6.00. The molecule has 1 aromatic carbocycles. The number of rotatable bonds is 4. The fourth-order valence-corrected chi connectivity index (χ4v) is 4.30. The number of halogens is 4. The van der Waals surface area contributed by atoms with E-state index in [-0.39, 0.29) is 24.3 Å². The first kappa shape index (κ1) is 21.1. The summed E-state index contributed by atoms with van der Waals surface area (Å²) in [6, 6.07) is 6.28. The van der Waals surface area contributed by atoms with E-state index in [1.54, 1.807) is 12.1 Å². The Labute approximate surface area is 173 Å². The zero-order valence-electron chi connectivity index (χ0n) is 16.6. The molecule has 0 aliphatic carbocycles. The molecular formula is C21H25F4N5. The van der Waals surface area contributed by atoms with Crippen LogP contribution in [0.1, 0.15) is 24.8 Å². The van der Waals surface area contributed by atoms with E-state index in [2.05, 4.69) is 25.0 Å². The number of alkyl halides is 3. The van der Waals surface area contributed by atoms with Gasteiger partial charge in [0, 0.05) is 38.6 Å². The highest BCUT2D eigenvalue weighted by Crippen LogP contribution is 2.32. The first-order valence-electron chi connectivity index (χ1n) is 10.3. The Morgan fingerprint density at radius 1 is 0.967 bits per heavy atom. The van der Waals surface area contributed by atoms with Gasteiger partial charge in [0.15, 0.2) is 0 Å². The van der Waals surface area contributed by atoms with Gasteiger partial charge in [-0.2, -0.15) is 23.4 Å². The van der Waals surface area contributed by atoms with Gasteiger partial charge in [-0.05, 0) is 43.5 Å². The second-order valence-electron chi connectivity index (χ2n) is 8.06. The normalized spacial score (nSPS) is 28.5. The topological polar surface area (TPSA) is 43.6 Å². The summed E-state index contributed by atoms with van der Waals surface area (Å²) in [6.07, 6.45) is 0.0399. The Hall–Kier alpha value is -2.13. The zero-order valence-corrected chi connectivity index (χ0v) is 16.6. The highest BCUT2D eigenvalue weighted by atomic mass is 19.4. The summed E-state index contributed by atoms with van der Waals surface area (Å²) in [4.78, 5) is 8.76. The molecule has 3 aliphatic rings. The third-order valence-corrected chi connectivity index (χ3v) is 6.00. The summed E-state index contributed by atoms with van der Waals surface area (Å²) in [5.74, 6) is -1.65. The van der Waals surface area contributed by atoms with E-state index in [4.69, 9.17) is 0 Å². The summed E-state index contributed by atoms with van der Waals surface area (Å²) in [6.45, 7) is 4.07. The first-order chi connectivity index (χ1) is 14.4. The van der Waals surface area contributed by atoms with Gasteiger partial charge in [0.2, 0.25) is 0 Å². The molecule has 0 N–H and O–H groups in total. The van der Waals surface area contributed by atoms with Crippen molar-refractivity contribution in [3.05, 3.63) is 35.6 Å². The van der Waals surface area contributed by atoms with E-state index in [1.165, 1.54) is 12.1 Å². The third kappa shape index (κ3) is 4.95. The smallest absolute Gasteiger partial charge is 0.301 e. The largest absolute Gasteiger partial charge is 0.396 e. The quantitative estimate of drug-likeness (QED) is 0.695. The summed E-state index contributed by atoms with van der Waals surface area (Å²) >= 11 is 0. The van der Waals surface area contributed by atoms with E-state index in [1.807, 2.05) is 6.21 Å². The van der Waals surface area contributed by atoms with E-state index in [0.717, 1.165) is 56.6 Å². The van der Waals surface area contributed by atoms with Crippen molar-refractivity contribution in [3.63, 3.8) is 0 Å². The van der Waals surface area contributed by atoms with Crippen LogP contribution in [0.15, 0.2) is 39.5 Å². The predicted octanol–water partition coefficient (Wildman–Crippen LogP) is 3.61. The molecule has 0 amide bonds. The minimum absolute atomic E-state index is 0.0438. The van der Waals surface area contributed by atoms with Gasteiger partial charge in [-0.3, -0.25) is 9.89 Å². The lowest BCUT2D eigenvalue weighted by molar-refractivity contribution is -0.157. The van der Waals surface area contributed by atoms with Crippen LogP contribution in [-0.2, 0) is 0 Å². The monoisotopic (exact) mass is 423 g/mol. The maximum absolute atomic E-state index is 13.2. The summed E-state index contributed by atoms with van der Waals surface area (Å²) in [7, 11) is 0. The summed E-state index contributed by atoms with van der Waals surface area (Å²) in [5.41, 5.74) is 1.71. The van der Waals surface area contributed by atoms with Crippen LogP contribution in [0.3, 0.4) is 0 Å². The lowest BCUT2D eigenvalue weighted by Gasteiger charge is -2.32. The molecule has 0 bridgehead atoms. The fourth-order valence-electron chi connectivity index (χ4n) is 4.30. The van der Waals surface area contributed by atoms with Crippen molar-refractivity contribution >= 4 is 18.1 Å². The Morgan fingerprint density at radius 3 is 2.47 bits per heavy atom. The van der Waals surface area contributed by atoms with E-state index in [0.29, 0.717) is 6.42 Å². The average Bonchev–Trinajstić information content (AvgIpc) is 3.05. The van der Waals surface area contributed by atoms with Crippen molar-refractivity contribution in [2.45, 2.75) is 31.6 Å². The van der Waals surface area contributed by atoms with Crippen molar-refractivity contribution < 1.29 is 17.6 Å². The molecule has 162 valence electrons. The van der Waals surface area contributed by atoms with Gasteiger partial charge in [0.1, 0.15) is 12.0 Å². The number of hydrogen-bond donors (Lipinski definition) is 0. The molecule has 0 spiro atoms. The Bertz CT molecular complexity index is 818. The predicted molar refractivity (Wildman–Crippen MR) is 109 cm³/mol. The number of benzene rings is 1. The molecule has 3 atom stereocenters. The molecule has 30 heavy (non-hydrogen) atoms. The summed E-state index contributed by atoms with van der Waals surface area (Å²) in [5, 5.41) is 8.31. The van der Waals surface area contributed by atoms with Crippen molar-refractivity contribution in [2.24, 2.45) is 27.0 Å². The molecule has 3 aliphatic heterocycles. The standard InChI is InChI=1S/C21H25F4N5/c22-18-5-2-15(3-6-18)20-16(12-27-28-20)14-29-8-1-9-30(11-10-29)19-7-4-17(13-26-19)21(23,24)25/h2-3,5-6,12-13,16-17,19H,1,4,7-11,14H2. The van der Waals surface area contributed by atoms with Gasteiger partial charge in [-0.15, -0.1) is 0 Å². The zero-order chi connectivity index (χ0) is 21.1. The second-order valence-corrected chi connectivity index (χ2v) is 8.06. The Balaban J connectivity index is 1.32. The molecule has 3 heterocycles. The van der Waals surface area contributed by atoms with Crippen LogP contribution < -0.4 is 0 Å². The molecular weight excluding hydrogens is 398 g/mol. The van der Waals surface area contributed by atoms with Crippen LogP contribution in [0.25, 0.3) is 0 Å². The number of hydrogen-bond acceptors (Lipinski definition) is 5. The molecule has 5 nitrogen and oxygen atoms in total. The van der Waals surface area contributed by atoms with Crippen LogP contribution in [0.2, 0.25) is 0 Å². The molecule has 1 fully saturated rings. The lowest BCUT2D eigenvalue weighted by Crippen LogP contribution is -2.41. The van der Waals surface area contributed by atoms with Crippen LogP contribution in [0, 0.1) is 17.7 Å². The van der Waals surface area contributed by atoms with Crippen molar-refractivity contribution in [1.82, 2.24) is 9.80 Å². The molecule has 0 saturated carbocycles. The molecule has 4 rings (SSSR count). The number of aliphatic imine (C=N–C) groups is 1. The Kier molecular flexibility index (Phi) is 6.29. The highest BCUT2D eigenvalue weighted by Gasteiger charge is 2.40. The average molecular weight is 423 g/mol. The number of nitrogens with zero attached hydrogens (tertiary/aromatic N) is 5. The second kappa shape index (κ2) is 8.93. The van der Waals surface area contributed by atoms with Gasteiger partial charge in [0.25, 0.3) is 0 Å². The molecule has 0 aromatic heterocycles. The van der Waals surface area contributed by atoms with Crippen LogP contribution >= 0.6 is 0 Å². The van der Waals surface area contributed by atoms with Crippen molar-refractivity contribution in [1.29, 1.82) is 0 Å². The highest BCUT2D eigenvalue weighted by molar-refractivity contribution is 6.11. The lowest BCUT2D eigenvalue weighted by atomic mass is 9.97. The van der Waals surface area contributed by atoms with E-state index in [9.17, 15) is 17.6 Å².